The zero-order valence-corrected chi connectivity index (χ0v) is 9.41. The van der Waals surface area contributed by atoms with Crippen LogP contribution in [0.4, 0.5) is 0 Å². The van der Waals surface area contributed by atoms with Crippen molar-refractivity contribution in [3.8, 4) is 0 Å². The molecule has 0 N–H and O–H groups in total. The molecule has 1 atom stereocenters. The highest BCUT2D eigenvalue weighted by molar-refractivity contribution is 4.89. The van der Waals surface area contributed by atoms with Gasteiger partial charge in [0.2, 0.25) is 0 Å². The predicted molar refractivity (Wildman–Crippen MR) is 57.5 cm³/mol. The van der Waals surface area contributed by atoms with Crippen molar-refractivity contribution in [1.29, 1.82) is 0 Å². The average Bonchev–Trinajstić information content (AvgIpc) is 2.58. The summed E-state index contributed by atoms with van der Waals surface area (Å²) < 4.78 is 5.10. The summed E-state index contributed by atoms with van der Waals surface area (Å²) in [5.41, 5.74) is 0. The summed E-state index contributed by atoms with van der Waals surface area (Å²) in [5, 5.41) is 0. The molecule has 2 rings (SSSR count). The van der Waals surface area contributed by atoms with Crippen LogP contribution in [0.15, 0.2) is 0 Å². The molecule has 0 aromatic carbocycles. The summed E-state index contributed by atoms with van der Waals surface area (Å²) in [4.78, 5) is 5.16. The molecule has 14 heavy (non-hydrogen) atoms. The van der Waals surface area contributed by atoms with Crippen LogP contribution >= 0.6 is 0 Å². The van der Waals surface area contributed by atoms with E-state index in [9.17, 15) is 0 Å². The molecule has 3 heteroatoms. The van der Waals surface area contributed by atoms with E-state index in [1.165, 1.54) is 32.6 Å². The molecule has 2 heterocycles. The fourth-order valence-electron chi connectivity index (χ4n) is 2.58. The lowest BCUT2D eigenvalue weighted by Gasteiger charge is -2.41. The van der Waals surface area contributed by atoms with Gasteiger partial charge in [0.1, 0.15) is 0 Å². The zero-order chi connectivity index (χ0) is 9.97. The molecule has 0 aromatic rings. The molecule has 2 fully saturated rings. The number of nitrogens with zero attached hydrogens (tertiary/aromatic N) is 2. The molecule has 2 aliphatic rings. The smallest absolute Gasteiger partial charge is 0.0589 e. The first-order valence-corrected chi connectivity index (χ1v) is 5.75. The first kappa shape index (κ1) is 10.4. The van der Waals surface area contributed by atoms with Crippen molar-refractivity contribution in [3.63, 3.8) is 0 Å². The summed E-state index contributed by atoms with van der Waals surface area (Å²) >= 11 is 0. The Morgan fingerprint density at radius 3 is 2.71 bits per heavy atom. The quantitative estimate of drug-likeness (QED) is 0.660. The molecule has 0 amide bonds. The molecule has 1 unspecified atom stereocenters. The molecule has 0 aliphatic carbocycles. The second-order valence-corrected chi connectivity index (χ2v) is 4.79. The van der Waals surface area contributed by atoms with E-state index in [2.05, 4.69) is 16.7 Å². The van der Waals surface area contributed by atoms with Crippen molar-refractivity contribution < 1.29 is 4.74 Å². The van der Waals surface area contributed by atoms with Crippen LogP contribution in [0.3, 0.4) is 0 Å². The maximum Gasteiger partial charge on any atom is 0.0589 e. The topological polar surface area (TPSA) is 15.7 Å². The fraction of sp³-hybridized carbons (Fsp3) is 1.00. The number of rotatable bonds is 4. The minimum atomic E-state index is 0.836. The van der Waals surface area contributed by atoms with Crippen LogP contribution in [0.1, 0.15) is 13.3 Å². The third kappa shape index (κ3) is 2.27. The minimum Gasteiger partial charge on any atom is -0.383 e. The summed E-state index contributed by atoms with van der Waals surface area (Å²) in [7, 11) is 1.78. The van der Waals surface area contributed by atoms with E-state index >= 15 is 0 Å². The largest absolute Gasteiger partial charge is 0.383 e. The van der Waals surface area contributed by atoms with Gasteiger partial charge in [-0.25, -0.2) is 0 Å². The lowest BCUT2D eigenvalue weighted by molar-refractivity contribution is 0.0636. The standard InChI is InChI=1S/C11H22N2O/c1-10-7-13(8-10)11-3-4-12(9-11)5-6-14-2/h10-11H,3-9H2,1-2H3. The van der Waals surface area contributed by atoms with Crippen molar-refractivity contribution in [3.05, 3.63) is 0 Å². The molecular weight excluding hydrogens is 176 g/mol. The highest BCUT2D eigenvalue weighted by Crippen LogP contribution is 2.23. The Bertz CT molecular complexity index is 180. The van der Waals surface area contributed by atoms with Gasteiger partial charge in [-0.3, -0.25) is 9.80 Å². The molecule has 82 valence electrons. The third-order valence-electron chi connectivity index (χ3n) is 3.47. The Labute approximate surface area is 87.0 Å². The molecule has 2 saturated heterocycles. The van der Waals surface area contributed by atoms with Crippen LogP contribution < -0.4 is 0 Å². The fourth-order valence-corrected chi connectivity index (χ4v) is 2.58. The Balaban J connectivity index is 1.67. The summed E-state index contributed by atoms with van der Waals surface area (Å²) in [5.74, 6) is 0.933. The number of ether oxygens (including phenoxy) is 1. The minimum absolute atomic E-state index is 0.836. The van der Waals surface area contributed by atoms with Crippen molar-refractivity contribution in [2.45, 2.75) is 19.4 Å². The van der Waals surface area contributed by atoms with E-state index in [1.807, 2.05) is 0 Å². The monoisotopic (exact) mass is 198 g/mol. The van der Waals surface area contributed by atoms with E-state index in [1.54, 1.807) is 7.11 Å². The Hall–Kier alpha value is -0.120. The maximum atomic E-state index is 5.10. The van der Waals surface area contributed by atoms with Crippen molar-refractivity contribution in [1.82, 2.24) is 9.80 Å². The van der Waals surface area contributed by atoms with E-state index in [4.69, 9.17) is 4.74 Å². The first-order valence-electron chi connectivity index (χ1n) is 5.75. The Morgan fingerprint density at radius 2 is 2.07 bits per heavy atom. The van der Waals surface area contributed by atoms with Gasteiger partial charge in [-0.2, -0.15) is 0 Å². The van der Waals surface area contributed by atoms with E-state index < -0.39 is 0 Å². The van der Waals surface area contributed by atoms with Gasteiger partial charge in [-0.1, -0.05) is 6.92 Å². The van der Waals surface area contributed by atoms with Crippen molar-refractivity contribution in [2.75, 3.05) is 46.4 Å². The molecule has 0 bridgehead atoms. The first-order chi connectivity index (χ1) is 6.79. The second kappa shape index (κ2) is 4.60. The second-order valence-electron chi connectivity index (χ2n) is 4.79. The lowest BCUT2D eigenvalue weighted by Crippen LogP contribution is -2.51. The van der Waals surface area contributed by atoms with Crippen LogP contribution in [0.2, 0.25) is 0 Å². The van der Waals surface area contributed by atoms with E-state index in [0.717, 1.165) is 25.1 Å². The van der Waals surface area contributed by atoms with Crippen molar-refractivity contribution in [2.24, 2.45) is 5.92 Å². The summed E-state index contributed by atoms with van der Waals surface area (Å²) in [6.07, 6.45) is 1.36. The van der Waals surface area contributed by atoms with Gasteiger partial charge in [-0.05, 0) is 18.9 Å². The van der Waals surface area contributed by atoms with Gasteiger partial charge in [0.15, 0.2) is 0 Å². The molecular formula is C11H22N2O. The average molecular weight is 198 g/mol. The van der Waals surface area contributed by atoms with Crippen LogP contribution in [0.5, 0.6) is 0 Å². The maximum absolute atomic E-state index is 5.10. The normalized spacial score (nSPS) is 30.9. The van der Waals surface area contributed by atoms with Crippen LogP contribution in [-0.2, 0) is 4.74 Å². The van der Waals surface area contributed by atoms with Gasteiger partial charge in [0.05, 0.1) is 6.61 Å². The van der Waals surface area contributed by atoms with E-state index in [-0.39, 0.29) is 0 Å². The highest BCUT2D eigenvalue weighted by atomic mass is 16.5. The van der Waals surface area contributed by atoms with Gasteiger partial charge in [-0.15, -0.1) is 0 Å². The molecule has 0 spiro atoms. The van der Waals surface area contributed by atoms with Gasteiger partial charge < -0.3 is 4.74 Å². The zero-order valence-electron chi connectivity index (χ0n) is 9.41. The predicted octanol–water partition coefficient (Wildman–Crippen LogP) is 0.659. The summed E-state index contributed by atoms with van der Waals surface area (Å²) in [6, 6.07) is 0.836. The van der Waals surface area contributed by atoms with Crippen LogP contribution in [-0.4, -0.2) is 62.3 Å². The molecule has 0 aromatic heterocycles. The van der Waals surface area contributed by atoms with Crippen molar-refractivity contribution >= 4 is 0 Å². The molecule has 2 aliphatic heterocycles. The number of likely N-dealkylation sites (tertiary alicyclic amines) is 2. The third-order valence-corrected chi connectivity index (χ3v) is 3.47. The Kier molecular flexibility index (Phi) is 3.42. The van der Waals surface area contributed by atoms with Crippen LogP contribution in [0.25, 0.3) is 0 Å². The van der Waals surface area contributed by atoms with Gasteiger partial charge in [0, 0.05) is 39.3 Å². The lowest BCUT2D eigenvalue weighted by atomic mass is 9.99. The summed E-state index contributed by atoms with van der Waals surface area (Å²) in [6.45, 7) is 9.49. The molecule has 3 nitrogen and oxygen atoms in total. The molecule has 0 saturated carbocycles. The van der Waals surface area contributed by atoms with Gasteiger partial charge >= 0.3 is 0 Å². The number of methoxy groups -OCH3 is 1. The van der Waals surface area contributed by atoms with Gasteiger partial charge in [0.25, 0.3) is 0 Å². The highest BCUT2D eigenvalue weighted by Gasteiger charge is 2.33. The number of hydrogen-bond donors (Lipinski definition) is 0. The van der Waals surface area contributed by atoms with Crippen LogP contribution in [0, 0.1) is 5.92 Å². The van der Waals surface area contributed by atoms with E-state index in [0.29, 0.717) is 0 Å². The molecule has 0 radical (unpaired) electrons. The SMILES string of the molecule is COCCN1CCC(N2CC(C)C2)C1. The Morgan fingerprint density at radius 1 is 1.29 bits per heavy atom. The number of hydrogen-bond acceptors (Lipinski definition) is 3.